The van der Waals surface area contributed by atoms with Crippen molar-refractivity contribution in [3.8, 4) is 5.75 Å². The molecule has 0 amide bonds. The van der Waals surface area contributed by atoms with E-state index in [1.54, 1.807) is 0 Å². The first-order valence-electron chi connectivity index (χ1n) is 4.65. The number of ether oxygens (including phenoxy) is 1. The summed E-state index contributed by atoms with van der Waals surface area (Å²) in [6, 6.07) is 6.84. The molecular formula is C11H7NO5. The van der Waals surface area contributed by atoms with E-state index in [0.29, 0.717) is 0 Å². The van der Waals surface area contributed by atoms with Crippen molar-refractivity contribution in [3.63, 3.8) is 0 Å². The fraction of sp³-hybridized carbons (Fsp3) is 0. The Balaban J connectivity index is 2.16. The smallest absolute Gasteiger partial charge is 0.346 e. The summed E-state index contributed by atoms with van der Waals surface area (Å²) in [4.78, 5) is 21.5. The second-order valence-corrected chi connectivity index (χ2v) is 3.16. The van der Waals surface area contributed by atoms with Crippen molar-refractivity contribution in [2.75, 3.05) is 0 Å². The molecule has 6 heteroatoms. The molecule has 0 bridgehead atoms. The van der Waals surface area contributed by atoms with Gasteiger partial charge in [-0.2, -0.15) is 0 Å². The minimum Gasteiger partial charge on any atom is -0.472 e. The first-order chi connectivity index (χ1) is 8.16. The van der Waals surface area contributed by atoms with Gasteiger partial charge >= 0.3 is 5.97 Å². The summed E-state index contributed by atoms with van der Waals surface area (Å²) >= 11 is 0. The van der Waals surface area contributed by atoms with Crippen LogP contribution < -0.4 is 4.74 Å². The number of hydrogen-bond donors (Lipinski definition) is 0. The summed E-state index contributed by atoms with van der Waals surface area (Å²) < 4.78 is 9.67. The molecule has 1 aromatic heterocycles. The van der Waals surface area contributed by atoms with Gasteiger partial charge in [0, 0.05) is 6.07 Å². The molecule has 0 aliphatic carbocycles. The topological polar surface area (TPSA) is 82.6 Å². The maximum atomic E-state index is 11.5. The molecule has 86 valence electrons. The van der Waals surface area contributed by atoms with Gasteiger partial charge in [0.05, 0.1) is 22.8 Å². The van der Waals surface area contributed by atoms with Gasteiger partial charge < -0.3 is 9.15 Å². The summed E-state index contributed by atoms with van der Waals surface area (Å²) in [6.07, 6.45) is 2.57. The molecule has 2 rings (SSSR count). The molecule has 0 radical (unpaired) electrons. The molecular weight excluding hydrogens is 226 g/mol. The number of nitro groups is 1. The zero-order valence-electron chi connectivity index (χ0n) is 8.53. The minimum absolute atomic E-state index is 0.116. The quantitative estimate of drug-likeness (QED) is 0.352. The summed E-state index contributed by atoms with van der Waals surface area (Å²) in [5.74, 6) is -0.510. The second kappa shape index (κ2) is 4.48. The van der Waals surface area contributed by atoms with Gasteiger partial charge in [0.15, 0.2) is 0 Å². The maximum Gasteiger partial charge on any atom is 0.346 e. The molecule has 0 fully saturated rings. The summed E-state index contributed by atoms with van der Waals surface area (Å²) in [5, 5.41) is 10.5. The van der Waals surface area contributed by atoms with Crippen LogP contribution in [0.1, 0.15) is 10.4 Å². The van der Waals surface area contributed by atoms with E-state index in [2.05, 4.69) is 0 Å². The number of nitro benzene ring substituents is 1. The molecule has 6 nitrogen and oxygen atoms in total. The molecule has 17 heavy (non-hydrogen) atoms. The highest BCUT2D eigenvalue weighted by Gasteiger charge is 2.12. The number of non-ortho nitro benzene ring substituents is 1. The predicted octanol–water partition coefficient (Wildman–Crippen LogP) is 2.41. The van der Waals surface area contributed by atoms with E-state index in [0.717, 1.165) is 0 Å². The van der Waals surface area contributed by atoms with Crippen LogP contribution in [0.4, 0.5) is 5.69 Å². The Morgan fingerprint density at radius 2 is 2.18 bits per heavy atom. The van der Waals surface area contributed by atoms with Crippen molar-refractivity contribution in [3.05, 3.63) is 58.5 Å². The molecule has 0 atom stereocenters. The molecule has 0 spiro atoms. The van der Waals surface area contributed by atoms with E-state index < -0.39 is 10.9 Å². The SMILES string of the molecule is O=C(Oc1cccc([N+](=O)[O-])c1)c1ccoc1. The van der Waals surface area contributed by atoms with Crippen LogP contribution in [-0.4, -0.2) is 10.9 Å². The predicted molar refractivity (Wildman–Crippen MR) is 56.8 cm³/mol. The molecule has 0 saturated heterocycles. The zero-order valence-corrected chi connectivity index (χ0v) is 8.53. The van der Waals surface area contributed by atoms with Crippen LogP contribution in [0.3, 0.4) is 0 Å². The third kappa shape index (κ3) is 2.49. The number of nitrogens with zero attached hydrogens (tertiary/aromatic N) is 1. The van der Waals surface area contributed by atoms with Crippen LogP contribution in [0, 0.1) is 10.1 Å². The van der Waals surface area contributed by atoms with Crippen molar-refractivity contribution in [2.24, 2.45) is 0 Å². The van der Waals surface area contributed by atoms with Gasteiger partial charge in [0.2, 0.25) is 0 Å². The molecule has 1 aromatic carbocycles. The normalized spacial score (nSPS) is 9.88. The summed E-state index contributed by atoms with van der Waals surface area (Å²) in [5.41, 5.74) is 0.110. The number of benzene rings is 1. The molecule has 0 saturated carbocycles. The van der Waals surface area contributed by atoms with E-state index in [-0.39, 0.29) is 17.0 Å². The van der Waals surface area contributed by atoms with Crippen LogP contribution in [-0.2, 0) is 0 Å². The lowest BCUT2D eigenvalue weighted by atomic mass is 10.3. The van der Waals surface area contributed by atoms with Crippen LogP contribution in [0.25, 0.3) is 0 Å². The van der Waals surface area contributed by atoms with Crippen LogP contribution in [0.2, 0.25) is 0 Å². The van der Waals surface area contributed by atoms with Crippen molar-refractivity contribution < 1.29 is 18.9 Å². The molecule has 1 heterocycles. The first-order valence-corrected chi connectivity index (χ1v) is 4.65. The Morgan fingerprint density at radius 1 is 1.35 bits per heavy atom. The second-order valence-electron chi connectivity index (χ2n) is 3.16. The first kappa shape index (κ1) is 10.9. The highest BCUT2D eigenvalue weighted by atomic mass is 16.6. The van der Waals surface area contributed by atoms with Crippen molar-refractivity contribution in [2.45, 2.75) is 0 Å². The van der Waals surface area contributed by atoms with Gasteiger partial charge in [-0.3, -0.25) is 10.1 Å². The summed E-state index contributed by atoms with van der Waals surface area (Å²) in [7, 11) is 0. The molecule has 0 unspecified atom stereocenters. The number of carbonyl (C=O) groups excluding carboxylic acids is 1. The molecule has 0 aliphatic rings. The van der Waals surface area contributed by atoms with E-state index >= 15 is 0 Å². The van der Waals surface area contributed by atoms with Crippen LogP contribution in [0.5, 0.6) is 5.75 Å². The highest BCUT2D eigenvalue weighted by Crippen LogP contribution is 2.20. The van der Waals surface area contributed by atoms with Gasteiger partial charge in [0.25, 0.3) is 5.69 Å². The van der Waals surface area contributed by atoms with E-state index in [4.69, 9.17) is 9.15 Å². The van der Waals surface area contributed by atoms with Crippen LogP contribution >= 0.6 is 0 Å². The average Bonchev–Trinajstić information content (AvgIpc) is 2.82. The number of hydrogen-bond acceptors (Lipinski definition) is 5. The molecule has 2 aromatic rings. The van der Waals surface area contributed by atoms with E-state index in [9.17, 15) is 14.9 Å². The third-order valence-corrected chi connectivity index (χ3v) is 2.00. The fourth-order valence-corrected chi connectivity index (χ4v) is 1.21. The Morgan fingerprint density at radius 3 is 2.82 bits per heavy atom. The van der Waals surface area contributed by atoms with E-state index in [1.807, 2.05) is 0 Å². The standard InChI is InChI=1S/C11H7NO5/c13-11(8-4-5-16-7-8)17-10-3-1-2-9(6-10)12(14)15/h1-7H. The van der Waals surface area contributed by atoms with Gasteiger partial charge in [0.1, 0.15) is 12.0 Å². The lowest BCUT2D eigenvalue weighted by Crippen LogP contribution is -2.07. The van der Waals surface area contributed by atoms with Crippen LogP contribution in [0.15, 0.2) is 47.3 Å². The fourth-order valence-electron chi connectivity index (χ4n) is 1.21. The number of carbonyl (C=O) groups is 1. The highest BCUT2D eigenvalue weighted by molar-refractivity contribution is 5.90. The Kier molecular flexibility index (Phi) is 2.87. The zero-order chi connectivity index (χ0) is 12.3. The van der Waals surface area contributed by atoms with E-state index in [1.165, 1.54) is 42.9 Å². The Bertz CT molecular complexity index is 547. The van der Waals surface area contributed by atoms with Gasteiger partial charge in [-0.15, -0.1) is 0 Å². The Hall–Kier alpha value is -2.63. The van der Waals surface area contributed by atoms with Gasteiger partial charge in [-0.1, -0.05) is 6.07 Å². The largest absolute Gasteiger partial charge is 0.472 e. The average molecular weight is 233 g/mol. The Labute approximate surface area is 95.6 Å². The summed E-state index contributed by atoms with van der Waals surface area (Å²) in [6.45, 7) is 0. The van der Waals surface area contributed by atoms with Crippen molar-refractivity contribution in [1.82, 2.24) is 0 Å². The lowest BCUT2D eigenvalue weighted by molar-refractivity contribution is -0.384. The maximum absolute atomic E-state index is 11.5. The number of furan rings is 1. The third-order valence-electron chi connectivity index (χ3n) is 2.00. The van der Waals surface area contributed by atoms with Crippen molar-refractivity contribution in [1.29, 1.82) is 0 Å². The number of rotatable bonds is 3. The lowest BCUT2D eigenvalue weighted by Gasteiger charge is -2.01. The molecule has 0 aliphatic heterocycles. The van der Waals surface area contributed by atoms with Crippen molar-refractivity contribution >= 4 is 11.7 Å². The number of esters is 1. The van der Waals surface area contributed by atoms with Gasteiger partial charge in [-0.25, -0.2) is 4.79 Å². The monoisotopic (exact) mass is 233 g/mol. The minimum atomic E-state index is -0.626. The molecule has 0 N–H and O–H groups in total. The van der Waals surface area contributed by atoms with Gasteiger partial charge in [-0.05, 0) is 12.1 Å².